The van der Waals surface area contributed by atoms with Gasteiger partial charge in [0.15, 0.2) is 5.96 Å². The Kier molecular flexibility index (Phi) is 8.19. The summed E-state index contributed by atoms with van der Waals surface area (Å²) in [4.78, 5) is 10.1. The van der Waals surface area contributed by atoms with Crippen LogP contribution in [0.4, 0.5) is 0 Å². The van der Waals surface area contributed by atoms with Gasteiger partial charge in [-0.3, -0.25) is 9.89 Å². The lowest BCUT2D eigenvalue weighted by atomic mass is 10.2. The Balaban J connectivity index is 1.88. The topological polar surface area (TPSA) is 48.9 Å². The summed E-state index contributed by atoms with van der Waals surface area (Å²) in [6.45, 7) is 15.3. The van der Waals surface area contributed by atoms with Crippen molar-refractivity contribution in [1.29, 1.82) is 0 Å². The Bertz CT molecular complexity index is 545. The second kappa shape index (κ2) is 10.1. The molecule has 0 aliphatic carbocycles. The molecule has 0 aromatic carbocycles. The predicted octanol–water partition coefficient (Wildman–Crippen LogP) is 2.65. The minimum absolute atomic E-state index is 0.355. The lowest BCUT2D eigenvalue weighted by Crippen LogP contribution is -2.50. The number of nitrogens with one attached hydrogen (secondary N) is 2. The van der Waals surface area contributed by atoms with Crippen LogP contribution in [0.15, 0.2) is 17.1 Å². The van der Waals surface area contributed by atoms with Gasteiger partial charge in [0.2, 0.25) is 0 Å². The number of rotatable bonds is 7. The third-order valence-electron chi connectivity index (χ3n) is 4.53. The van der Waals surface area contributed by atoms with Gasteiger partial charge >= 0.3 is 0 Å². The summed E-state index contributed by atoms with van der Waals surface area (Å²) in [6, 6.07) is 5.66. The maximum Gasteiger partial charge on any atom is 0.191 e. The second-order valence-electron chi connectivity index (χ2n) is 6.99. The van der Waals surface area contributed by atoms with Crippen LogP contribution in [0.2, 0.25) is 0 Å². The van der Waals surface area contributed by atoms with E-state index in [0.29, 0.717) is 18.1 Å². The molecule has 0 amide bonds. The molecule has 1 fully saturated rings. The maximum absolute atomic E-state index is 5.54. The zero-order valence-electron chi connectivity index (χ0n) is 16.3. The Morgan fingerprint density at radius 2 is 2.24 bits per heavy atom. The molecule has 0 spiro atoms. The van der Waals surface area contributed by atoms with E-state index in [1.807, 2.05) is 11.3 Å². The first-order valence-corrected chi connectivity index (χ1v) is 10.2. The monoisotopic (exact) mass is 366 g/mol. The molecule has 3 unspecified atom stereocenters. The number of hydrogen-bond acceptors (Lipinski definition) is 4. The molecule has 0 radical (unpaired) electrons. The second-order valence-corrected chi connectivity index (χ2v) is 8.36. The maximum atomic E-state index is 5.54. The quantitative estimate of drug-likeness (QED) is 0.575. The Morgan fingerprint density at radius 3 is 2.88 bits per heavy atom. The van der Waals surface area contributed by atoms with Gasteiger partial charge in [0.1, 0.15) is 0 Å². The molecule has 3 atom stereocenters. The number of hydrogen-bond donors (Lipinski definition) is 2. The normalized spacial score (nSPS) is 21.8. The van der Waals surface area contributed by atoms with Gasteiger partial charge < -0.3 is 15.4 Å². The first kappa shape index (κ1) is 20.2. The molecule has 1 saturated heterocycles. The van der Waals surface area contributed by atoms with Gasteiger partial charge in [0, 0.05) is 47.4 Å². The number of guanidine groups is 1. The molecular formula is C19H34N4OS. The largest absolute Gasteiger partial charge is 0.379 e. The van der Waals surface area contributed by atoms with E-state index in [9.17, 15) is 0 Å². The van der Waals surface area contributed by atoms with E-state index in [-0.39, 0.29) is 0 Å². The van der Waals surface area contributed by atoms with Gasteiger partial charge in [0.05, 0.1) is 19.8 Å². The molecule has 25 heavy (non-hydrogen) atoms. The van der Waals surface area contributed by atoms with Gasteiger partial charge in [-0.15, -0.1) is 11.3 Å². The van der Waals surface area contributed by atoms with Gasteiger partial charge in [-0.05, 0) is 46.8 Å². The van der Waals surface area contributed by atoms with Gasteiger partial charge in [-0.2, -0.15) is 0 Å². The fourth-order valence-electron chi connectivity index (χ4n) is 3.22. The van der Waals surface area contributed by atoms with Crippen LogP contribution in [0, 0.1) is 6.92 Å². The van der Waals surface area contributed by atoms with Crippen LogP contribution in [0.5, 0.6) is 0 Å². The fraction of sp³-hybridized carbons (Fsp3) is 0.737. The lowest BCUT2D eigenvalue weighted by Gasteiger charge is -2.37. The van der Waals surface area contributed by atoms with Crippen LogP contribution in [0.1, 0.15) is 37.4 Å². The standard InChI is InChI=1S/C19H34N4OS/c1-6-20-19(22-14(2)11-18-8-7-17(5)25-18)21-12-15(3)23-9-10-24-13-16(23)4/h7-8,14-16H,6,9-13H2,1-5H3,(H2,20,21,22). The van der Waals surface area contributed by atoms with E-state index in [0.717, 1.165) is 45.2 Å². The molecule has 1 aromatic heterocycles. The van der Waals surface area contributed by atoms with Crippen LogP contribution < -0.4 is 10.6 Å². The van der Waals surface area contributed by atoms with Crippen LogP contribution in [0.3, 0.4) is 0 Å². The van der Waals surface area contributed by atoms with E-state index in [1.54, 1.807) is 0 Å². The minimum Gasteiger partial charge on any atom is -0.379 e. The van der Waals surface area contributed by atoms with Crippen LogP contribution in [-0.2, 0) is 11.2 Å². The number of ether oxygens (including phenoxy) is 1. The highest BCUT2D eigenvalue weighted by Gasteiger charge is 2.23. The number of aliphatic imine (C=N–C) groups is 1. The molecule has 0 saturated carbocycles. The van der Waals surface area contributed by atoms with Gasteiger partial charge in [0.25, 0.3) is 0 Å². The minimum atomic E-state index is 0.355. The van der Waals surface area contributed by atoms with Crippen molar-refractivity contribution in [2.75, 3.05) is 32.8 Å². The molecule has 2 rings (SSSR count). The third-order valence-corrected chi connectivity index (χ3v) is 5.55. The zero-order chi connectivity index (χ0) is 18.2. The summed E-state index contributed by atoms with van der Waals surface area (Å²) >= 11 is 1.87. The summed E-state index contributed by atoms with van der Waals surface area (Å²) in [5.41, 5.74) is 0. The van der Waals surface area contributed by atoms with Crippen molar-refractivity contribution in [3.8, 4) is 0 Å². The van der Waals surface area contributed by atoms with Crippen molar-refractivity contribution < 1.29 is 4.74 Å². The Labute approximate surface area is 156 Å². The van der Waals surface area contributed by atoms with Crippen LogP contribution >= 0.6 is 11.3 Å². The van der Waals surface area contributed by atoms with E-state index >= 15 is 0 Å². The van der Waals surface area contributed by atoms with Crippen molar-refractivity contribution in [3.05, 3.63) is 21.9 Å². The highest BCUT2D eigenvalue weighted by Crippen LogP contribution is 2.16. The number of aryl methyl sites for hydroxylation is 1. The first-order valence-electron chi connectivity index (χ1n) is 9.43. The van der Waals surface area contributed by atoms with Crippen molar-refractivity contribution in [2.45, 2.75) is 59.2 Å². The summed E-state index contributed by atoms with van der Waals surface area (Å²) in [6.07, 6.45) is 1.03. The van der Waals surface area contributed by atoms with Gasteiger partial charge in [-0.25, -0.2) is 0 Å². The van der Waals surface area contributed by atoms with Crippen LogP contribution in [0.25, 0.3) is 0 Å². The summed E-state index contributed by atoms with van der Waals surface area (Å²) in [7, 11) is 0. The smallest absolute Gasteiger partial charge is 0.191 e. The highest BCUT2D eigenvalue weighted by atomic mass is 32.1. The van der Waals surface area contributed by atoms with Crippen molar-refractivity contribution in [2.24, 2.45) is 4.99 Å². The third kappa shape index (κ3) is 6.60. The van der Waals surface area contributed by atoms with E-state index < -0.39 is 0 Å². The Hall–Kier alpha value is -1.11. The number of nitrogens with zero attached hydrogens (tertiary/aromatic N) is 2. The summed E-state index contributed by atoms with van der Waals surface area (Å²) < 4.78 is 5.54. The van der Waals surface area contributed by atoms with E-state index in [4.69, 9.17) is 9.73 Å². The average molecular weight is 367 g/mol. The Morgan fingerprint density at radius 1 is 1.44 bits per heavy atom. The predicted molar refractivity (Wildman–Crippen MR) is 108 cm³/mol. The molecule has 1 aromatic rings. The van der Waals surface area contributed by atoms with E-state index in [1.165, 1.54) is 9.75 Å². The molecule has 5 nitrogen and oxygen atoms in total. The van der Waals surface area contributed by atoms with Crippen LogP contribution in [-0.4, -0.2) is 61.8 Å². The molecule has 2 N–H and O–H groups in total. The van der Waals surface area contributed by atoms with Gasteiger partial charge in [-0.1, -0.05) is 0 Å². The van der Waals surface area contributed by atoms with Crippen molar-refractivity contribution in [1.82, 2.24) is 15.5 Å². The van der Waals surface area contributed by atoms with Crippen molar-refractivity contribution >= 4 is 17.3 Å². The average Bonchev–Trinajstić information content (AvgIpc) is 2.97. The zero-order valence-corrected chi connectivity index (χ0v) is 17.2. The molecule has 2 heterocycles. The molecule has 1 aliphatic rings. The molecule has 142 valence electrons. The van der Waals surface area contributed by atoms with E-state index in [2.05, 4.69) is 62.3 Å². The van der Waals surface area contributed by atoms with Crippen molar-refractivity contribution in [3.63, 3.8) is 0 Å². The molecule has 1 aliphatic heterocycles. The fourth-order valence-corrected chi connectivity index (χ4v) is 4.24. The number of thiophene rings is 1. The summed E-state index contributed by atoms with van der Waals surface area (Å²) in [5.74, 6) is 0.913. The number of morpholine rings is 1. The molecule has 6 heteroatoms. The SMILES string of the molecule is CCNC(=NCC(C)N1CCOCC1C)NC(C)Cc1ccc(C)s1. The molecule has 0 bridgehead atoms. The highest BCUT2D eigenvalue weighted by molar-refractivity contribution is 7.11. The molecular weight excluding hydrogens is 332 g/mol. The lowest BCUT2D eigenvalue weighted by molar-refractivity contribution is -0.0165. The summed E-state index contributed by atoms with van der Waals surface area (Å²) in [5, 5.41) is 6.92. The first-order chi connectivity index (χ1) is 12.0.